The van der Waals surface area contributed by atoms with Crippen molar-refractivity contribution < 1.29 is 9.18 Å². The molecule has 2 aromatic rings. The topological polar surface area (TPSA) is 42.0 Å². The van der Waals surface area contributed by atoms with Gasteiger partial charge in [-0.3, -0.25) is 9.78 Å². The van der Waals surface area contributed by atoms with Crippen LogP contribution in [-0.2, 0) is 0 Å². The summed E-state index contributed by atoms with van der Waals surface area (Å²) in [6, 6.07) is 8.12. The fourth-order valence-corrected chi connectivity index (χ4v) is 1.98. The SMILES string of the molecule is CC[C@@H](NC(=O)c1ccc(C)c(F)c1)c1cccnc1. The Morgan fingerprint density at radius 2 is 2.20 bits per heavy atom. The molecule has 0 spiro atoms. The number of hydrogen-bond donors (Lipinski definition) is 1. The van der Waals surface area contributed by atoms with Gasteiger partial charge >= 0.3 is 0 Å². The third-order valence-corrected chi connectivity index (χ3v) is 3.23. The first kappa shape index (κ1) is 14.2. The van der Waals surface area contributed by atoms with Crippen molar-refractivity contribution in [2.45, 2.75) is 26.3 Å². The maximum absolute atomic E-state index is 13.5. The van der Waals surface area contributed by atoms with E-state index in [4.69, 9.17) is 0 Å². The van der Waals surface area contributed by atoms with Crippen LogP contribution in [-0.4, -0.2) is 10.9 Å². The van der Waals surface area contributed by atoms with Crippen molar-refractivity contribution in [3.63, 3.8) is 0 Å². The summed E-state index contributed by atoms with van der Waals surface area (Å²) in [6.07, 6.45) is 4.16. The summed E-state index contributed by atoms with van der Waals surface area (Å²) in [6.45, 7) is 3.65. The molecular weight excluding hydrogens is 255 g/mol. The van der Waals surface area contributed by atoms with Crippen LogP contribution in [0, 0.1) is 12.7 Å². The Morgan fingerprint density at radius 1 is 1.40 bits per heavy atom. The molecule has 20 heavy (non-hydrogen) atoms. The standard InChI is InChI=1S/C16H17FN2O/c1-3-15(13-5-4-8-18-10-13)19-16(20)12-7-6-11(2)14(17)9-12/h4-10,15H,3H2,1-2H3,(H,19,20)/t15-/m1/s1. The van der Waals surface area contributed by atoms with Crippen LogP contribution in [0.4, 0.5) is 4.39 Å². The molecule has 4 heteroatoms. The summed E-state index contributed by atoms with van der Waals surface area (Å²) in [5.74, 6) is -0.647. The van der Waals surface area contributed by atoms with E-state index in [1.165, 1.54) is 6.07 Å². The third kappa shape index (κ3) is 3.20. The van der Waals surface area contributed by atoms with E-state index < -0.39 is 0 Å². The molecule has 0 aliphatic rings. The predicted octanol–water partition coefficient (Wildman–Crippen LogP) is 3.41. The van der Waals surface area contributed by atoms with E-state index in [0.717, 1.165) is 12.0 Å². The Balaban J connectivity index is 2.15. The van der Waals surface area contributed by atoms with Crippen molar-refractivity contribution in [2.24, 2.45) is 0 Å². The Bertz CT molecular complexity index is 599. The van der Waals surface area contributed by atoms with Crippen molar-refractivity contribution in [3.8, 4) is 0 Å². The van der Waals surface area contributed by atoms with Crippen molar-refractivity contribution in [3.05, 3.63) is 65.2 Å². The molecule has 0 bridgehead atoms. The van der Waals surface area contributed by atoms with E-state index in [2.05, 4.69) is 10.3 Å². The lowest BCUT2D eigenvalue weighted by Gasteiger charge is -2.17. The molecule has 1 heterocycles. The summed E-state index contributed by atoms with van der Waals surface area (Å²) < 4.78 is 13.5. The fourth-order valence-electron chi connectivity index (χ4n) is 1.98. The fraction of sp³-hybridized carbons (Fsp3) is 0.250. The number of rotatable bonds is 4. The van der Waals surface area contributed by atoms with Crippen LogP contribution in [0.25, 0.3) is 0 Å². The second-order valence-corrected chi connectivity index (χ2v) is 4.68. The highest BCUT2D eigenvalue weighted by Gasteiger charge is 2.15. The zero-order valence-corrected chi connectivity index (χ0v) is 11.6. The molecule has 0 aliphatic heterocycles. The number of carbonyl (C=O) groups is 1. The molecule has 0 aliphatic carbocycles. The number of hydrogen-bond acceptors (Lipinski definition) is 2. The second kappa shape index (κ2) is 6.28. The van der Waals surface area contributed by atoms with E-state index in [9.17, 15) is 9.18 Å². The van der Waals surface area contributed by atoms with E-state index >= 15 is 0 Å². The monoisotopic (exact) mass is 272 g/mol. The molecule has 1 aromatic carbocycles. The first-order valence-electron chi connectivity index (χ1n) is 6.58. The average molecular weight is 272 g/mol. The maximum atomic E-state index is 13.5. The lowest BCUT2D eigenvalue weighted by Crippen LogP contribution is -2.28. The van der Waals surface area contributed by atoms with Crippen LogP contribution < -0.4 is 5.32 Å². The Hall–Kier alpha value is -2.23. The van der Waals surface area contributed by atoms with E-state index in [-0.39, 0.29) is 17.8 Å². The number of nitrogens with zero attached hydrogens (tertiary/aromatic N) is 1. The summed E-state index contributed by atoms with van der Waals surface area (Å²) in [7, 11) is 0. The Kier molecular flexibility index (Phi) is 4.45. The van der Waals surface area contributed by atoms with Crippen molar-refractivity contribution in [1.29, 1.82) is 0 Å². The first-order chi connectivity index (χ1) is 9.61. The molecule has 0 saturated heterocycles. The number of aryl methyl sites for hydroxylation is 1. The van der Waals surface area contributed by atoms with E-state index in [0.29, 0.717) is 11.1 Å². The number of benzene rings is 1. The zero-order chi connectivity index (χ0) is 14.5. The lowest BCUT2D eigenvalue weighted by atomic mass is 10.1. The Morgan fingerprint density at radius 3 is 2.80 bits per heavy atom. The summed E-state index contributed by atoms with van der Waals surface area (Å²) in [4.78, 5) is 16.2. The van der Waals surface area contributed by atoms with Gasteiger partial charge in [-0.05, 0) is 42.7 Å². The molecule has 1 aromatic heterocycles. The molecular formula is C16H17FN2O. The normalized spacial score (nSPS) is 11.9. The van der Waals surface area contributed by atoms with E-state index in [1.54, 1.807) is 31.5 Å². The van der Waals surface area contributed by atoms with E-state index in [1.807, 2.05) is 19.1 Å². The number of nitrogens with one attached hydrogen (secondary N) is 1. The van der Waals surface area contributed by atoms with Gasteiger partial charge in [0.1, 0.15) is 5.82 Å². The van der Waals surface area contributed by atoms with Gasteiger partial charge in [-0.1, -0.05) is 19.1 Å². The smallest absolute Gasteiger partial charge is 0.251 e. The average Bonchev–Trinajstić information content (AvgIpc) is 2.48. The highest BCUT2D eigenvalue weighted by atomic mass is 19.1. The molecule has 0 unspecified atom stereocenters. The Labute approximate surface area is 117 Å². The number of aromatic nitrogens is 1. The molecule has 0 fully saturated rings. The molecule has 0 saturated carbocycles. The highest BCUT2D eigenvalue weighted by Crippen LogP contribution is 2.16. The lowest BCUT2D eigenvalue weighted by molar-refractivity contribution is 0.0935. The largest absolute Gasteiger partial charge is 0.345 e. The quantitative estimate of drug-likeness (QED) is 0.926. The van der Waals surface area contributed by atoms with Gasteiger partial charge in [-0.15, -0.1) is 0 Å². The predicted molar refractivity (Wildman–Crippen MR) is 75.9 cm³/mol. The third-order valence-electron chi connectivity index (χ3n) is 3.23. The number of amides is 1. The van der Waals surface area contributed by atoms with Crippen molar-refractivity contribution in [2.75, 3.05) is 0 Å². The number of halogens is 1. The van der Waals surface area contributed by atoms with Crippen LogP contribution in [0.2, 0.25) is 0 Å². The van der Waals surface area contributed by atoms with Crippen LogP contribution in [0.5, 0.6) is 0 Å². The summed E-state index contributed by atoms with van der Waals surface area (Å²) >= 11 is 0. The molecule has 1 amide bonds. The minimum absolute atomic E-state index is 0.124. The molecule has 0 radical (unpaired) electrons. The summed E-state index contributed by atoms with van der Waals surface area (Å²) in [5, 5.41) is 2.90. The van der Waals surface area contributed by atoms with Gasteiger partial charge in [0.05, 0.1) is 6.04 Å². The second-order valence-electron chi connectivity index (χ2n) is 4.68. The van der Waals surface area contributed by atoms with Crippen LogP contribution in [0.15, 0.2) is 42.7 Å². The van der Waals surface area contributed by atoms with Gasteiger partial charge in [0.25, 0.3) is 5.91 Å². The van der Waals surface area contributed by atoms with Crippen LogP contribution >= 0.6 is 0 Å². The number of carbonyl (C=O) groups excluding carboxylic acids is 1. The van der Waals surface area contributed by atoms with Gasteiger partial charge < -0.3 is 5.32 Å². The number of pyridine rings is 1. The molecule has 2 rings (SSSR count). The van der Waals surface area contributed by atoms with Crippen molar-refractivity contribution in [1.82, 2.24) is 10.3 Å². The highest BCUT2D eigenvalue weighted by molar-refractivity contribution is 5.94. The van der Waals surface area contributed by atoms with Gasteiger partial charge in [0.15, 0.2) is 0 Å². The van der Waals surface area contributed by atoms with Gasteiger partial charge in [-0.25, -0.2) is 4.39 Å². The minimum Gasteiger partial charge on any atom is -0.345 e. The molecule has 1 atom stereocenters. The van der Waals surface area contributed by atoms with Crippen LogP contribution in [0.3, 0.4) is 0 Å². The van der Waals surface area contributed by atoms with Crippen molar-refractivity contribution >= 4 is 5.91 Å². The molecule has 104 valence electrons. The zero-order valence-electron chi connectivity index (χ0n) is 11.6. The van der Waals surface area contributed by atoms with Gasteiger partial charge in [0.2, 0.25) is 0 Å². The van der Waals surface area contributed by atoms with Crippen LogP contribution in [0.1, 0.15) is 40.9 Å². The minimum atomic E-state index is -0.368. The summed E-state index contributed by atoms with van der Waals surface area (Å²) in [5.41, 5.74) is 1.80. The maximum Gasteiger partial charge on any atom is 0.251 e. The van der Waals surface area contributed by atoms with Gasteiger partial charge in [0, 0.05) is 18.0 Å². The first-order valence-corrected chi connectivity index (χ1v) is 6.58. The van der Waals surface area contributed by atoms with Gasteiger partial charge in [-0.2, -0.15) is 0 Å². The molecule has 3 nitrogen and oxygen atoms in total. The molecule has 1 N–H and O–H groups in total.